The molecule has 41 heavy (non-hydrogen) atoms. The summed E-state index contributed by atoms with van der Waals surface area (Å²) in [5.41, 5.74) is 4.84. The zero-order chi connectivity index (χ0) is 28.7. The standard InChI is InChI=1S/C37H42O4/c1-27(28-13-7-5-8-14-28)34(38)24-23-32-33(17-11-3-4-12-18-36(39)40-2)37(25-35(32)41-26-37)31-21-19-30(20-22-31)29-15-9-6-10-16-29/h3,5-11,13-16,19-24,27,32-35,38H,4,12,17-18,25-26H2,1-2H3/b11-3-,24-23+/t27?,32-,33-,34-,35-,37-/m0/s1. The molecule has 2 bridgehead atoms. The number of unbranched alkanes of at least 4 members (excludes halogenated alkanes) is 1. The van der Waals surface area contributed by atoms with Crippen LogP contribution in [0.15, 0.2) is 109 Å². The van der Waals surface area contributed by atoms with Crippen molar-refractivity contribution in [3.63, 3.8) is 0 Å². The van der Waals surface area contributed by atoms with Gasteiger partial charge in [-0.05, 0) is 53.9 Å². The van der Waals surface area contributed by atoms with Crippen LogP contribution in [0.25, 0.3) is 11.1 Å². The van der Waals surface area contributed by atoms with E-state index in [0.717, 1.165) is 37.9 Å². The number of hydrogen-bond donors (Lipinski definition) is 1. The lowest BCUT2D eigenvalue weighted by atomic mass is 9.69. The molecule has 4 heteroatoms. The fourth-order valence-electron chi connectivity index (χ4n) is 6.74. The largest absolute Gasteiger partial charge is 0.469 e. The molecule has 1 saturated heterocycles. The fraction of sp³-hybridized carbons (Fsp3) is 0.378. The summed E-state index contributed by atoms with van der Waals surface area (Å²) in [6.07, 6.45) is 12.3. The maximum Gasteiger partial charge on any atom is 0.305 e. The molecule has 2 fully saturated rings. The smallest absolute Gasteiger partial charge is 0.305 e. The lowest BCUT2D eigenvalue weighted by Gasteiger charge is -2.38. The SMILES string of the molecule is COC(=O)CCC/C=C\C[C@H]1[C@H](/C=C/[C@H](O)C(C)c2ccccc2)[C@@H]2C[C@@]1(c1ccc(-c3ccccc3)cc1)CO2. The van der Waals surface area contributed by atoms with Gasteiger partial charge in [-0.2, -0.15) is 0 Å². The number of rotatable bonds is 12. The highest BCUT2D eigenvalue weighted by Gasteiger charge is 2.58. The van der Waals surface area contributed by atoms with Crippen LogP contribution in [-0.4, -0.2) is 37.0 Å². The van der Waals surface area contributed by atoms with Crippen LogP contribution in [0.1, 0.15) is 56.1 Å². The highest BCUT2D eigenvalue weighted by atomic mass is 16.5. The molecule has 1 aliphatic heterocycles. The Balaban J connectivity index is 1.36. The normalized spacial score (nSPS) is 25.1. The van der Waals surface area contributed by atoms with Crippen LogP contribution in [0.2, 0.25) is 0 Å². The van der Waals surface area contributed by atoms with Gasteiger partial charge < -0.3 is 14.6 Å². The third kappa shape index (κ3) is 6.55. The molecule has 0 spiro atoms. The van der Waals surface area contributed by atoms with Gasteiger partial charge in [-0.3, -0.25) is 4.79 Å². The molecule has 1 unspecified atom stereocenters. The zero-order valence-corrected chi connectivity index (χ0v) is 24.2. The van der Waals surface area contributed by atoms with Crippen molar-refractivity contribution in [2.24, 2.45) is 11.8 Å². The van der Waals surface area contributed by atoms with Gasteiger partial charge in [0, 0.05) is 23.7 Å². The maximum absolute atomic E-state index is 11.5. The molecule has 1 aliphatic carbocycles. The van der Waals surface area contributed by atoms with Crippen LogP contribution < -0.4 is 0 Å². The first-order chi connectivity index (χ1) is 20.0. The molecule has 3 aromatic carbocycles. The van der Waals surface area contributed by atoms with Crippen LogP contribution in [-0.2, 0) is 19.7 Å². The minimum atomic E-state index is -0.563. The Morgan fingerprint density at radius 1 is 1.00 bits per heavy atom. The van der Waals surface area contributed by atoms with Crippen LogP contribution in [0.5, 0.6) is 0 Å². The highest BCUT2D eigenvalue weighted by Crippen LogP contribution is 2.57. The van der Waals surface area contributed by atoms with Crippen LogP contribution >= 0.6 is 0 Å². The second-order valence-electron chi connectivity index (χ2n) is 11.6. The van der Waals surface area contributed by atoms with E-state index in [1.807, 2.05) is 30.3 Å². The van der Waals surface area contributed by atoms with E-state index >= 15 is 0 Å². The van der Waals surface area contributed by atoms with E-state index < -0.39 is 6.10 Å². The molecule has 3 aromatic rings. The molecule has 0 radical (unpaired) electrons. The van der Waals surface area contributed by atoms with E-state index in [9.17, 15) is 9.90 Å². The molecular formula is C37H42O4. The summed E-state index contributed by atoms with van der Waals surface area (Å²) in [5.74, 6) is 0.431. The number of esters is 1. The first-order valence-electron chi connectivity index (χ1n) is 14.9. The van der Waals surface area contributed by atoms with E-state index in [1.54, 1.807) is 0 Å². The van der Waals surface area contributed by atoms with Crippen molar-refractivity contribution < 1.29 is 19.4 Å². The number of carbonyl (C=O) groups is 1. The molecule has 214 valence electrons. The highest BCUT2D eigenvalue weighted by molar-refractivity contribution is 5.69. The zero-order valence-electron chi connectivity index (χ0n) is 24.2. The molecule has 0 amide bonds. The fourth-order valence-corrected chi connectivity index (χ4v) is 6.74. The van der Waals surface area contributed by atoms with Gasteiger partial charge in [0.2, 0.25) is 0 Å². The maximum atomic E-state index is 11.5. The van der Waals surface area contributed by atoms with Gasteiger partial charge in [-0.15, -0.1) is 0 Å². The summed E-state index contributed by atoms with van der Waals surface area (Å²) in [6, 6.07) is 29.7. The molecule has 1 saturated carbocycles. The number of benzene rings is 3. The van der Waals surface area contributed by atoms with Gasteiger partial charge in [-0.1, -0.05) is 116 Å². The first-order valence-corrected chi connectivity index (χ1v) is 14.9. The van der Waals surface area contributed by atoms with E-state index in [2.05, 4.69) is 85.8 Å². The Morgan fingerprint density at radius 3 is 2.39 bits per heavy atom. The number of aliphatic hydroxyl groups is 1. The van der Waals surface area contributed by atoms with Crippen molar-refractivity contribution in [2.75, 3.05) is 13.7 Å². The minimum Gasteiger partial charge on any atom is -0.469 e. The Bertz CT molecular complexity index is 1310. The Morgan fingerprint density at radius 2 is 1.68 bits per heavy atom. The summed E-state index contributed by atoms with van der Waals surface area (Å²) in [7, 11) is 1.44. The summed E-state index contributed by atoms with van der Waals surface area (Å²) in [6.45, 7) is 2.79. The molecule has 2 aliphatic rings. The first kappa shape index (κ1) is 29.0. The molecule has 5 rings (SSSR count). The summed E-state index contributed by atoms with van der Waals surface area (Å²) >= 11 is 0. The molecular weight excluding hydrogens is 508 g/mol. The number of carbonyl (C=O) groups excluding carboxylic acids is 1. The van der Waals surface area contributed by atoms with E-state index in [4.69, 9.17) is 9.47 Å². The average Bonchev–Trinajstić information content (AvgIpc) is 3.60. The third-order valence-electron chi connectivity index (χ3n) is 9.20. The van der Waals surface area contributed by atoms with Gasteiger partial charge in [0.05, 0.1) is 25.9 Å². The Kier molecular flexibility index (Phi) is 9.53. The second kappa shape index (κ2) is 13.5. The lowest BCUT2D eigenvalue weighted by molar-refractivity contribution is -0.140. The topological polar surface area (TPSA) is 55.8 Å². The second-order valence-corrected chi connectivity index (χ2v) is 11.6. The van der Waals surface area contributed by atoms with Crippen molar-refractivity contribution in [3.05, 3.63) is 120 Å². The third-order valence-corrected chi connectivity index (χ3v) is 9.20. The summed E-state index contributed by atoms with van der Waals surface area (Å²) in [4.78, 5) is 11.5. The quantitative estimate of drug-likeness (QED) is 0.143. The van der Waals surface area contributed by atoms with E-state index in [0.29, 0.717) is 12.3 Å². The van der Waals surface area contributed by atoms with E-state index in [-0.39, 0.29) is 29.3 Å². The monoisotopic (exact) mass is 550 g/mol. The molecule has 0 aromatic heterocycles. The van der Waals surface area contributed by atoms with E-state index in [1.165, 1.54) is 23.8 Å². The van der Waals surface area contributed by atoms with Gasteiger partial charge >= 0.3 is 5.97 Å². The number of fused-ring (bicyclic) bond motifs is 2. The number of aliphatic hydroxyl groups excluding tert-OH is 1. The minimum absolute atomic E-state index is 0.0135. The number of methoxy groups -OCH3 is 1. The molecule has 6 atom stereocenters. The number of hydrogen-bond acceptors (Lipinski definition) is 4. The predicted octanol–water partition coefficient (Wildman–Crippen LogP) is 7.64. The van der Waals surface area contributed by atoms with Gasteiger partial charge in [0.15, 0.2) is 0 Å². The lowest BCUT2D eigenvalue weighted by Crippen LogP contribution is -2.39. The summed E-state index contributed by atoms with van der Waals surface area (Å²) in [5, 5.41) is 11.1. The van der Waals surface area contributed by atoms with Gasteiger partial charge in [0.1, 0.15) is 0 Å². The molecule has 4 nitrogen and oxygen atoms in total. The molecule has 1 heterocycles. The van der Waals surface area contributed by atoms with Crippen LogP contribution in [0.3, 0.4) is 0 Å². The van der Waals surface area contributed by atoms with Gasteiger partial charge in [-0.25, -0.2) is 0 Å². The average molecular weight is 551 g/mol. The van der Waals surface area contributed by atoms with Crippen molar-refractivity contribution >= 4 is 5.97 Å². The number of allylic oxidation sites excluding steroid dienone is 2. The molecule has 1 N–H and O–H groups in total. The Hall–Kier alpha value is -3.47. The Labute approximate surface area is 244 Å². The van der Waals surface area contributed by atoms with Crippen molar-refractivity contribution in [3.8, 4) is 11.1 Å². The predicted molar refractivity (Wildman–Crippen MR) is 165 cm³/mol. The van der Waals surface area contributed by atoms with Crippen molar-refractivity contribution in [1.82, 2.24) is 0 Å². The van der Waals surface area contributed by atoms with Crippen LogP contribution in [0.4, 0.5) is 0 Å². The number of ether oxygens (including phenoxy) is 2. The van der Waals surface area contributed by atoms with Crippen molar-refractivity contribution in [2.45, 2.75) is 62.6 Å². The van der Waals surface area contributed by atoms with Gasteiger partial charge in [0.25, 0.3) is 0 Å². The van der Waals surface area contributed by atoms with Crippen molar-refractivity contribution in [1.29, 1.82) is 0 Å². The summed E-state index contributed by atoms with van der Waals surface area (Å²) < 4.78 is 11.2. The van der Waals surface area contributed by atoms with Crippen LogP contribution in [0, 0.1) is 11.8 Å².